The van der Waals surface area contributed by atoms with E-state index in [2.05, 4.69) is 0 Å². The Morgan fingerprint density at radius 1 is 0.652 bits per heavy atom. The number of hydrogen-bond donors (Lipinski definition) is 0. The average Bonchev–Trinajstić information content (AvgIpc) is 2.50. The van der Waals surface area contributed by atoms with Gasteiger partial charge >= 0.3 is 0 Å². The molecule has 3 aromatic rings. The summed E-state index contributed by atoms with van der Waals surface area (Å²) in [5, 5.41) is 3.53. The van der Waals surface area contributed by atoms with Crippen molar-refractivity contribution in [2.45, 2.75) is 20.8 Å². The van der Waals surface area contributed by atoms with Crippen LogP contribution in [0, 0.1) is 0 Å². The fourth-order valence-electron chi connectivity index (χ4n) is 3.10. The van der Waals surface area contributed by atoms with E-state index in [1.807, 2.05) is 36.4 Å². The molecule has 0 amide bonds. The van der Waals surface area contributed by atoms with Gasteiger partial charge in [0.1, 0.15) is 0 Å². The van der Waals surface area contributed by atoms with Gasteiger partial charge in [0.2, 0.25) is 0 Å². The van der Waals surface area contributed by atoms with E-state index in [-0.39, 0.29) is 22.9 Å². The van der Waals surface area contributed by atoms with Crippen molar-refractivity contribution in [2.75, 3.05) is 0 Å². The molecule has 3 rings (SSSR count). The summed E-state index contributed by atoms with van der Waals surface area (Å²) in [6.07, 6.45) is 0. The van der Waals surface area contributed by atoms with Crippen molar-refractivity contribution >= 4 is 38.9 Å². The molecular weight excluding hydrogens is 288 g/mol. The molecule has 23 heavy (non-hydrogen) atoms. The predicted octanol–water partition coefficient (Wildman–Crippen LogP) is 4.60. The number of carbonyl (C=O) groups is 3. The van der Waals surface area contributed by atoms with Crippen LogP contribution in [0.5, 0.6) is 0 Å². The van der Waals surface area contributed by atoms with Crippen molar-refractivity contribution in [2.24, 2.45) is 0 Å². The first-order chi connectivity index (χ1) is 10.9. The van der Waals surface area contributed by atoms with Crippen molar-refractivity contribution in [3.8, 4) is 0 Å². The van der Waals surface area contributed by atoms with E-state index in [4.69, 9.17) is 0 Å². The van der Waals surface area contributed by atoms with Crippen LogP contribution in [0.4, 0.5) is 0 Å². The van der Waals surface area contributed by atoms with Crippen LogP contribution in [0.25, 0.3) is 21.5 Å². The molecule has 0 atom stereocenters. The average molecular weight is 304 g/mol. The van der Waals surface area contributed by atoms with Crippen LogP contribution in [-0.2, 0) is 0 Å². The summed E-state index contributed by atoms with van der Waals surface area (Å²) in [5.74, 6) is -0.693. The molecule has 0 heterocycles. The fourth-order valence-corrected chi connectivity index (χ4v) is 3.10. The highest BCUT2D eigenvalue weighted by atomic mass is 16.1. The van der Waals surface area contributed by atoms with E-state index in [0.29, 0.717) is 16.5 Å². The maximum atomic E-state index is 12.2. The zero-order valence-corrected chi connectivity index (χ0v) is 13.3. The number of hydrogen-bond acceptors (Lipinski definition) is 3. The topological polar surface area (TPSA) is 51.2 Å². The predicted molar refractivity (Wildman–Crippen MR) is 91.5 cm³/mol. The molecular formula is C20H16O3. The lowest BCUT2D eigenvalue weighted by Crippen LogP contribution is -2.12. The minimum absolute atomic E-state index is 0.210. The van der Waals surface area contributed by atoms with Crippen LogP contribution in [0.2, 0.25) is 0 Å². The number of Topliss-reactive ketones (excluding diaryl/α,β-unsaturated/α-hetero) is 3. The molecule has 0 fully saturated rings. The van der Waals surface area contributed by atoms with E-state index in [1.165, 1.54) is 20.8 Å². The Hall–Kier alpha value is -2.81. The van der Waals surface area contributed by atoms with Crippen molar-refractivity contribution in [3.05, 3.63) is 59.2 Å². The molecule has 0 aliphatic rings. The van der Waals surface area contributed by atoms with Crippen molar-refractivity contribution < 1.29 is 14.4 Å². The molecule has 3 aromatic carbocycles. The van der Waals surface area contributed by atoms with Gasteiger partial charge in [-0.25, -0.2) is 0 Å². The lowest BCUT2D eigenvalue weighted by Gasteiger charge is -2.14. The summed E-state index contributed by atoms with van der Waals surface area (Å²) in [5.41, 5.74) is 0.879. The third-order valence-corrected chi connectivity index (χ3v) is 4.09. The van der Waals surface area contributed by atoms with Gasteiger partial charge in [0.25, 0.3) is 0 Å². The molecule has 114 valence electrons. The van der Waals surface area contributed by atoms with Gasteiger partial charge in [-0.15, -0.1) is 0 Å². The molecule has 3 heteroatoms. The highest BCUT2D eigenvalue weighted by molar-refractivity contribution is 6.22. The molecule has 0 radical (unpaired) electrons. The summed E-state index contributed by atoms with van der Waals surface area (Å²) < 4.78 is 0. The second-order valence-corrected chi connectivity index (χ2v) is 5.76. The first kappa shape index (κ1) is 15.1. The largest absolute Gasteiger partial charge is 0.294 e. The zero-order valence-electron chi connectivity index (χ0n) is 13.3. The van der Waals surface area contributed by atoms with Gasteiger partial charge in [-0.05, 0) is 60.5 Å². The number of carbonyl (C=O) groups excluding carboxylic acids is 3. The second kappa shape index (κ2) is 5.43. The molecule has 0 spiro atoms. The Morgan fingerprint density at radius 2 is 1.22 bits per heavy atom. The van der Waals surface area contributed by atoms with E-state index < -0.39 is 0 Å². The van der Waals surface area contributed by atoms with E-state index in [1.54, 1.807) is 6.07 Å². The summed E-state index contributed by atoms with van der Waals surface area (Å²) >= 11 is 0. The maximum Gasteiger partial charge on any atom is 0.161 e. The quantitative estimate of drug-likeness (QED) is 0.525. The highest BCUT2D eigenvalue weighted by Crippen LogP contribution is 2.31. The van der Waals surface area contributed by atoms with Crippen molar-refractivity contribution in [1.82, 2.24) is 0 Å². The van der Waals surface area contributed by atoms with Crippen LogP contribution >= 0.6 is 0 Å². The monoisotopic (exact) mass is 304 g/mol. The number of ketones is 3. The molecule has 0 saturated heterocycles. The SMILES string of the molecule is CC(=O)c1cc2cc3ccccc3cc2c(C(C)=O)c1C(C)=O. The van der Waals surface area contributed by atoms with Gasteiger partial charge in [0.05, 0.1) is 0 Å². The number of benzene rings is 3. The Morgan fingerprint density at radius 3 is 1.74 bits per heavy atom. The van der Waals surface area contributed by atoms with E-state index >= 15 is 0 Å². The molecule has 3 nitrogen and oxygen atoms in total. The Kier molecular flexibility index (Phi) is 3.57. The first-order valence-electron chi connectivity index (χ1n) is 7.42. The van der Waals surface area contributed by atoms with E-state index in [9.17, 15) is 14.4 Å². The van der Waals surface area contributed by atoms with Crippen LogP contribution in [0.15, 0.2) is 42.5 Å². The third kappa shape index (κ3) is 2.44. The molecule has 0 aliphatic heterocycles. The van der Waals surface area contributed by atoms with Crippen molar-refractivity contribution in [3.63, 3.8) is 0 Å². The molecule has 0 aromatic heterocycles. The molecule has 0 bridgehead atoms. The van der Waals surface area contributed by atoms with Crippen molar-refractivity contribution in [1.29, 1.82) is 0 Å². The van der Waals surface area contributed by atoms with Crippen LogP contribution < -0.4 is 0 Å². The lowest BCUT2D eigenvalue weighted by atomic mass is 9.87. The number of rotatable bonds is 3. The van der Waals surface area contributed by atoms with Gasteiger partial charge < -0.3 is 0 Å². The summed E-state index contributed by atoms with van der Waals surface area (Å²) in [4.78, 5) is 36.3. The molecule has 0 aliphatic carbocycles. The lowest BCUT2D eigenvalue weighted by molar-refractivity contribution is 0.0969. The number of fused-ring (bicyclic) bond motifs is 2. The zero-order chi connectivity index (χ0) is 16.7. The van der Waals surface area contributed by atoms with Gasteiger partial charge in [-0.3, -0.25) is 14.4 Å². The van der Waals surface area contributed by atoms with Gasteiger partial charge in [-0.1, -0.05) is 24.3 Å². The summed E-state index contributed by atoms with van der Waals surface area (Å²) in [6.45, 7) is 4.24. The minimum atomic E-state index is -0.268. The van der Waals surface area contributed by atoms with Gasteiger partial charge in [0.15, 0.2) is 17.3 Å². The third-order valence-electron chi connectivity index (χ3n) is 4.09. The smallest absolute Gasteiger partial charge is 0.161 e. The van der Waals surface area contributed by atoms with Gasteiger partial charge in [-0.2, -0.15) is 0 Å². The fraction of sp³-hybridized carbons (Fsp3) is 0.150. The molecule has 0 N–H and O–H groups in total. The van der Waals surface area contributed by atoms with Crippen LogP contribution in [-0.4, -0.2) is 17.3 Å². The minimum Gasteiger partial charge on any atom is -0.294 e. The molecule has 0 unspecified atom stereocenters. The summed E-state index contributed by atoms with van der Waals surface area (Å²) in [7, 11) is 0. The van der Waals surface area contributed by atoms with Crippen LogP contribution in [0.3, 0.4) is 0 Å². The Bertz CT molecular complexity index is 997. The standard InChI is InChI=1S/C20H16O3/c1-11(21)17-10-16-8-14-6-4-5-7-15(14)9-18(16)20(13(3)23)19(17)12(2)22/h4-10H,1-3H3. The first-order valence-corrected chi connectivity index (χ1v) is 7.42. The highest BCUT2D eigenvalue weighted by Gasteiger charge is 2.22. The Balaban J connectivity index is 2.58. The normalized spacial score (nSPS) is 10.9. The Labute approximate surface area is 133 Å². The molecule has 0 saturated carbocycles. The maximum absolute atomic E-state index is 12.2. The second-order valence-electron chi connectivity index (χ2n) is 5.76. The van der Waals surface area contributed by atoms with Gasteiger partial charge in [0, 0.05) is 16.7 Å². The van der Waals surface area contributed by atoms with Crippen LogP contribution in [0.1, 0.15) is 51.8 Å². The summed E-state index contributed by atoms with van der Waals surface area (Å²) in [6, 6.07) is 13.4. The van der Waals surface area contributed by atoms with E-state index in [0.717, 1.165) is 16.2 Å².